The Kier molecular flexibility index (Phi) is 10.4. The predicted octanol–water partition coefficient (Wildman–Crippen LogP) is -2.50. The third kappa shape index (κ3) is 4.55. The van der Waals surface area contributed by atoms with Crippen LogP contribution in [0.2, 0.25) is 0 Å². The van der Waals surface area contributed by atoms with Crippen LogP contribution in [-0.4, -0.2) is 28.0 Å². The first kappa shape index (κ1) is 11.2. The molecule has 1 aromatic rings. The first-order valence-corrected chi connectivity index (χ1v) is 1.76. The molecule has 1 heterocycles. The maximum Gasteiger partial charge on any atom is 2.00 e. The second-order valence-electron chi connectivity index (χ2n) is 0.947. The largest absolute Gasteiger partial charge is 2.00 e. The van der Waals surface area contributed by atoms with Crippen molar-refractivity contribution in [3.8, 4) is 0 Å². The minimum Gasteiger partial charge on any atom is -1.00 e. The fourth-order valence-corrected chi connectivity index (χ4v) is 0.277. The molecular formula is C5H4BrMgN. The van der Waals surface area contributed by atoms with Crippen molar-refractivity contribution in [1.29, 1.82) is 0 Å². The zero-order chi connectivity index (χ0) is 4.24. The molecule has 0 amide bonds. The molecule has 38 valence electrons. The van der Waals surface area contributed by atoms with Gasteiger partial charge in [0.05, 0.1) is 0 Å². The van der Waals surface area contributed by atoms with Crippen molar-refractivity contribution in [2.24, 2.45) is 0 Å². The smallest absolute Gasteiger partial charge is 1.00 e. The van der Waals surface area contributed by atoms with Gasteiger partial charge in [-0.25, -0.2) is 0 Å². The Hall–Kier alpha value is 0.396. The molecule has 1 nitrogen and oxygen atoms in total. The van der Waals surface area contributed by atoms with Gasteiger partial charge in [-0.3, -0.25) is 0 Å². The van der Waals surface area contributed by atoms with Crippen LogP contribution >= 0.6 is 0 Å². The molecule has 0 aliphatic carbocycles. The number of aromatic nitrogens is 1. The van der Waals surface area contributed by atoms with Gasteiger partial charge in [-0.1, -0.05) is 12.4 Å². The van der Waals surface area contributed by atoms with Gasteiger partial charge in [0.1, 0.15) is 0 Å². The average molecular weight is 182 g/mol. The number of hydrogen-bond donors (Lipinski definition) is 0. The number of nitrogens with zero attached hydrogens (tertiary/aromatic N) is 1. The van der Waals surface area contributed by atoms with Crippen LogP contribution in [0.25, 0.3) is 0 Å². The van der Waals surface area contributed by atoms with Crippen molar-refractivity contribution in [2.75, 3.05) is 0 Å². The first-order valence-electron chi connectivity index (χ1n) is 1.76. The molecular weight excluding hydrogens is 178 g/mol. The predicted molar refractivity (Wildman–Crippen MR) is 28.8 cm³/mol. The van der Waals surface area contributed by atoms with E-state index in [0.29, 0.717) is 0 Å². The van der Waals surface area contributed by atoms with E-state index in [2.05, 4.69) is 11.1 Å². The Morgan fingerprint density at radius 3 is 1.75 bits per heavy atom. The molecule has 0 saturated heterocycles. The van der Waals surface area contributed by atoms with E-state index >= 15 is 0 Å². The van der Waals surface area contributed by atoms with Crippen LogP contribution in [0.4, 0.5) is 0 Å². The van der Waals surface area contributed by atoms with Crippen LogP contribution in [-0.2, 0) is 0 Å². The van der Waals surface area contributed by atoms with E-state index < -0.39 is 0 Å². The minimum atomic E-state index is 0. The molecule has 0 aromatic carbocycles. The standard InChI is InChI=1S/C5H4N.BrH.Mg/c1-2-4-6-5-3-1;;/h2-5H;1H;/q-1;;+2/p-1. The molecule has 0 radical (unpaired) electrons. The SMILES string of the molecule is [Br-].[Mg+2].[c-]1ccncc1. The van der Waals surface area contributed by atoms with Gasteiger partial charge < -0.3 is 22.0 Å². The Morgan fingerprint density at radius 1 is 1.12 bits per heavy atom. The number of rotatable bonds is 0. The molecule has 0 bridgehead atoms. The fraction of sp³-hybridized carbons (Fsp3) is 0. The second kappa shape index (κ2) is 7.40. The van der Waals surface area contributed by atoms with E-state index in [-0.39, 0.29) is 40.0 Å². The monoisotopic (exact) mass is 181 g/mol. The van der Waals surface area contributed by atoms with Crippen molar-refractivity contribution < 1.29 is 17.0 Å². The molecule has 0 fully saturated rings. The van der Waals surface area contributed by atoms with E-state index in [4.69, 9.17) is 0 Å². The van der Waals surface area contributed by atoms with Crippen LogP contribution in [0.5, 0.6) is 0 Å². The second-order valence-corrected chi connectivity index (χ2v) is 0.947. The van der Waals surface area contributed by atoms with E-state index in [9.17, 15) is 0 Å². The van der Waals surface area contributed by atoms with Crippen molar-refractivity contribution in [3.63, 3.8) is 0 Å². The quantitative estimate of drug-likeness (QED) is 0.319. The number of hydrogen-bond acceptors (Lipinski definition) is 1. The molecule has 0 N–H and O–H groups in total. The zero-order valence-corrected chi connectivity index (χ0v) is 7.34. The summed E-state index contributed by atoms with van der Waals surface area (Å²) in [4.78, 5) is 3.75. The summed E-state index contributed by atoms with van der Waals surface area (Å²) < 4.78 is 0. The topological polar surface area (TPSA) is 12.9 Å². The average Bonchev–Trinajstić information content (AvgIpc) is 1.72. The minimum absolute atomic E-state index is 0. The first-order chi connectivity index (χ1) is 3.00. The maximum atomic E-state index is 3.75. The summed E-state index contributed by atoms with van der Waals surface area (Å²) in [5.74, 6) is 0. The molecule has 0 unspecified atom stereocenters. The van der Waals surface area contributed by atoms with Gasteiger partial charge in [-0.2, -0.15) is 18.2 Å². The van der Waals surface area contributed by atoms with Crippen LogP contribution in [0.3, 0.4) is 0 Å². The van der Waals surface area contributed by atoms with Gasteiger partial charge >= 0.3 is 23.1 Å². The number of pyridine rings is 1. The fourth-order valence-electron chi connectivity index (χ4n) is 0.277. The third-order valence-corrected chi connectivity index (χ3v) is 0.514. The Bertz CT molecular complexity index is 84.4. The van der Waals surface area contributed by atoms with Crippen LogP contribution in [0.1, 0.15) is 0 Å². The molecule has 0 saturated carbocycles. The van der Waals surface area contributed by atoms with Crippen molar-refractivity contribution in [2.45, 2.75) is 0 Å². The normalized spacial score (nSPS) is 6.00. The summed E-state index contributed by atoms with van der Waals surface area (Å²) in [7, 11) is 0. The van der Waals surface area contributed by atoms with Crippen LogP contribution in [0.15, 0.2) is 24.5 Å². The maximum absolute atomic E-state index is 3.75. The molecule has 1 aromatic heterocycles. The van der Waals surface area contributed by atoms with Crippen molar-refractivity contribution in [3.05, 3.63) is 30.6 Å². The van der Waals surface area contributed by atoms with Gasteiger partial charge in [0.25, 0.3) is 0 Å². The van der Waals surface area contributed by atoms with Crippen molar-refractivity contribution >= 4 is 23.1 Å². The zero-order valence-electron chi connectivity index (χ0n) is 4.34. The van der Waals surface area contributed by atoms with Crippen LogP contribution in [0, 0.1) is 6.07 Å². The van der Waals surface area contributed by atoms with Crippen LogP contribution < -0.4 is 17.0 Å². The summed E-state index contributed by atoms with van der Waals surface area (Å²) in [6, 6.07) is 6.36. The molecule has 0 aliphatic rings. The summed E-state index contributed by atoms with van der Waals surface area (Å²) in [6.45, 7) is 0. The summed E-state index contributed by atoms with van der Waals surface area (Å²) in [6.07, 6.45) is 3.39. The van der Waals surface area contributed by atoms with E-state index in [0.717, 1.165) is 0 Å². The summed E-state index contributed by atoms with van der Waals surface area (Å²) in [5.41, 5.74) is 0. The summed E-state index contributed by atoms with van der Waals surface area (Å²) in [5, 5.41) is 0. The third-order valence-electron chi connectivity index (χ3n) is 0.514. The Morgan fingerprint density at radius 2 is 1.62 bits per heavy atom. The van der Waals surface area contributed by atoms with Gasteiger partial charge in [-0.05, 0) is 0 Å². The Labute approximate surface area is 75.4 Å². The molecule has 1 rings (SSSR count). The number of halogens is 1. The molecule has 0 aliphatic heterocycles. The van der Waals surface area contributed by atoms with Gasteiger partial charge in [0, 0.05) is 0 Å². The molecule has 0 atom stereocenters. The molecule has 8 heavy (non-hydrogen) atoms. The molecule has 0 spiro atoms. The Balaban J connectivity index is 0. The van der Waals surface area contributed by atoms with Gasteiger partial charge in [0.2, 0.25) is 0 Å². The van der Waals surface area contributed by atoms with E-state index in [1.807, 2.05) is 0 Å². The van der Waals surface area contributed by atoms with E-state index in [1.54, 1.807) is 24.5 Å². The van der Waals surface area contributed by atoms with E-state index in [1.165, 1.54) is 0 Å². The van der Waals surface area contributed by atoms with Gasteiger partial charge in [0.15, 0.2) is 0 Å². The summed E-state index contributed by atoms with van der Waals surface area (Å²) >= 11 is 0. The van der Waals surface area contributed by atoms with Crippen molar-refractivity contribution in [1.82, 2.24) is 4.98 Å². The van der Waals surface area contributed by atoms with Gasteiger partial charge in [-0.15, -0.1) is 0 Å². The molecule has 3 heteroatoms.